The molecule has 0 fully saturated rings. The quantitative estimate of drug-likeness (QED) is 0.284. The number of nitrogens with zero attached hydrogens (tertiary/aromatic N) is 2. The molecule has 0 saturated heterocycles. The maximum Gasteiger partial charge on any atom is 0.188 e. The highest BCUT2D eigenvalue weighted by Crippen LogP contribution is 2.10. The lowest BCUT2D eigenvalue weighted by Crippen LogP contribution is -2.33. The summed E-state index contributed by atoms with van der Waals surface area (Å²) in [5.41, 5.74) is 6.80. The molecule has 0 radical (unpaired) electrons. The summed E-state index contributed by atoms with van der Waals surface area (Å²) >= 11 is 0. The van der Waals surface area contributed by atoms with Crippen LogP contribution in [-0.2, 0) is 6.42 Å². The molecule has 1 aromatic carbocycles. The number of hydrogen-bond donors (Lipinski definition) is 2. The van der Waals surface area contributed by atoms with Gasteiger partial charge in [0.05, 0.1) is 6.61 Å². The third-order valence-electron chi connectivity index (χ3n) is 3.08. The van der Waals surface area contributed by atoms with Crippen LogP contribution in [0.2, 0.25) is 0 Å². The molecule has 0 bridgehead atoms. The van der Waals surface area contributed by atoms with Crippen LogP contribution in [0.3, 0.4) is 0 Å². The standard InChI is InChI=1S/C17H21FN4O.HI/c18-14-5-7-16(8-6-14)23-13-3-11-21-17(19)22-12-9-15-4-1-2-10-20-15;/h1-2,4-8,10H,3,9,11-13H2,(H3,19,21,22);1H. The highest BCUT2D eigenvalue weighted by molar-refractivity contribution is 14.0. The van der Waals surface area contributed by atoms with E-state index in [9.17, 15) is 4.39 Å². The first-order chi connectivity index (χ1) is 11.2. The van der Waals surface area contributed by atoms with Gasteiger partial charge >= 0.3 is 0 Å². The van der Waals surface area contributed by atoms with Crippen molar-refractivity contribution in [2.75, 3.05) is 19.7 Å². The van der Waals surface area contributed by atoms with Crippen molar-refractivity contribution >= 4 is 29.9 Å². The van der Waals surface area contributed by atoms with Crippen molar-refractivity contribution in [2.45, 2.75) is 12.8 Å². The molecule has 3 N–H and O–H groups in total. The lowest BCUT2D eigenvalue weighted by atomic mass is 10.3. The van der Waals surface area contributed by atoms with Gasteiger partial charge in [0.1, 0.15) is 11.6 Å². The molecule has 1 aromatic heterocycles. The lowest BCUT2D eigenvalue weighted by molar-refractivity contribution is 0.313. The summed E-state index contributed by atoms with van der Waals surface area (Å²) in [7, 11) is 0. The highest BCUT2D eigenvalue weighted by atomic mass is 127. The molecule has 0 atom stereocenters. The Balaban J connectivity index is 0.00000288. The van der Waals surface area contributed by atoms with Crippen molar-refractivity contribution in [1.29, 1.82) is 0 Å². The summed E-state index contributed by atoms with van der Waals surface area (Å²) in [4.78, 5) is 8.46. The minimum Gasteiger partial charge on any atom is -0.494 e. The smallest absolute Gasteiger partial charge is 0.188 e. The Morgan fingerprint density at radius 2 is 2.00 bits per heavy atom. The van der Waals surface area contributed by atoms with E-state index >= 15 is 0 Å². The second kappa shape index (κ2) is 11.6. The van der Waals surface area contributed by atoms with Crippen LogP contribution < -0.4 is 15.8 Å². The SMILES string of the molecule is I.NC(=NCCCOc1ccc(F)cc1)NCCc1ccccn1. The van der Waals surface area contributed by atoms with Crippen molar-refractivity contribution in [2.24, 2.45) is 10.7 Å². The molecule has 0 amide bonds. The van der Waals surface area contributed by atoms with Crippen LogP contribution in [0.25, 0.3) is 0 Å². The summed E-state index contributed by atoms with van der Waals surface area (Å²) in [5, 5.41) is 3.05. The van der Waals surface area contributed by atoms with Gasteiger partial charge in [0, 0.05) is 37.8 Å². The summed E-state index contributed by atoms with van der Waals surface area (Å²) in [6.07, 6.45) is 3.30. The molecule has 24 heavy (non-hydrogen) atoms. The second-order valence-electron chi connectivity index (χ2n) is 4.92. The minimum absolute atomic E-state index is 0. The largest absolute Gasteiger partial charge is 0.494 e. The topological polar surface area (TPSA) is 72.5 Å². The molecule has 0 aliphatic carbocycles. The zero-order valence-electron chi connectivity index (χ0n) is 13.3. The maximum absolute atomic E-state index is 12.7. The van der Waals surface area contributed by atoms with Gasteiger partial charge in [-0.2, -0.15) is 0 Å². The van der Waals surface area contributed by atoms with Crippen LogP contribution in [0.4, 0.5) is 4.39 Å². The van der Waals surface area contributed by atoms with E-state index in [0.29, 0.717) is 31.4 Å². The fraction of sp³-hybridized carbons (Fsp3) is 0.294. The van der Waals surface area contributed by atoms with Gasteiger partial charge in [0.15, 0.2) is 5.96 Å². The normalized spacial score (nSPS) is 10.8. The molecule has 0 spiro atoms. The van der Waals surface area contributed by atoms with Crippen molar-refractivity contribution in [3.63, 3.8) is 0 Å². The Labute approximate surface area is 158 Å². The number of hydrogen-bond acceptors (Lipinski definition) is 3. The first-order valence-electron chi connectivity index (χ1n) is 7.56. The number of guanidine groups is 1. The van der Waals surface area contributed by atoms with E-state index in [-0.39, 0.29) is 29.8 Å². The van der Waals surface area contributed by atoms with E-state index < -0.39 is 0 Å². The fourth-order valence-electron chi connectivity index (χ4n) is 1.91. The van der Waals surface area contributed by atoms with Crippen LogP contribution in [0.15, 0.2) is 53.7 Å². The number of rotatable bonds is 8. The minimum atomic E-state index is -0.272. The van der Waals surface area contributed by atoms with Gasteiger partial charge in [-0.15, -0.1) is 24.0 Å². The number of ether oxygens (including phenoxy) is 1. The highest BCUT2D eigenvalue weighted by Gasteiger charge is 1.96. The Morgan fingerprint density at radius 1 is 1.21 bits per heavy atom. The Bertz CT molecular complexity index is 608. The third-order valence-corrected chi connectivity index (χ3v) is 3.08. The zero-order chi connectivity index (χ0) is 16.3. The van der Waals surface area contributed by atoms with Crippen LogP contribution >= 0.6 is 24.0 Å². The van der Waals surface area contributed by atoms with Crippen LogP contribution in [-0.4, -0.2) is 30.6 Å². The van der Waals surface area contributed by atoms with E-state index in [1.807, 2.05) is 18.2 Å². The Hall–Kier alpha value is -1.90. The number of pyridine rings is 1. The van der Waals surface area contributed by atoms with Gasteiger partial charge in [-0.3, -0.25) is 9.98 Å². The van der Waals surface area contributed by atoms with E-state index in [0.717, 1.165) is 18.5 Å². The van der Waals surface area contributed by atoms with Crippen LogP contribution in [0.1, 0.15) is 12.1 Å². The number of aromatic nitrogens is 1. The van der Waals surface area contributed by atoms with Crippen molar-refractivity contribution in [1.82, 2.24) is 10.3 Å². The monoisotopic (exact) mass is 444 g/mol. The Morgan fingerprint density at radius 3 is 2.71 bits per heavy atom. The van der Waals surface area contributed by atoms with Gasteiger partial charge in [0.2, 0.25) is 0 Å². The number of nitrogens with one attached hydrogen (secondary N) is 1. The molecule has 5 nitrogen and oxygen atoms in total. The molecule has 7 heteroatoms. The van der Waals surface area contributed by atoms with Gasteiger partial charge in [-0.1, -0.05) is 6.07 Å². The molecule has 0 aliphatic heterocycles. The van der Waals surface area contributed by atoms with Gasteiger partial charge < -0.3 is 15.8 Å². The van der Waals surface area contributed by atoms with E-state index in [1.165, 1.54) is 12.1 Å². The number of benzene rings is 1. The summed E-state index contributed by atoms with van der Waals surface area (Å²) in [6.45, 7) is 1.78. The summed E-state index contributed by atoms with van der Waals surface area (Å²) in [5.74, 6) is 0.797. The number of aliphatic imine (C=N–C) groups is 1. The summed E-state index contributed by atoms with van der Waals surface area (Å²) < 4.78 is 18.2. The molecule has 1 heterocycles. The third kappa shape index (κ3) is 8.09. The van der Waals surface area contributed by atoms with Crippen molar-refractivity contribution < 1.29 is 9.13 Å². The number of halogens is 2. The average Bonchev–Trinajstić information content (AvgIpc) is 2.57. The van der Waals surface area contributed by atoms with Crippen LogP contribution in [0.5, 0.6) is 5.75 Å². The molecule has 0 unspecified atom stereocenters. The molecule has 2 rings (SSSR count). The Kier molecular flexibility index (Phi) is 9.74. The number of nitrogens with two attached hydrogens (primary N) is 1. The maximum atomic E-state index is 12.7. The van der Waals surface area contributed by atoms with E-state index in [1.54, 1.807) is 18.3 Å². The molecule has 130 valence electrons. The first kappa shape index (κ1) is 20.1. The first-order valence-corrected chi connectivity index (χ1v) is 7.56. The molecule has 2 aromatic rings. The lowest BCUT2D eigenvalue weighted by Gasteiger charge is -2.06. The molecular formula is C17H22FIN4O. The van der Waals surface area contributed by atoms with Gasteiger partial charge in [-0.25, -0.2) is 4.39 Å². The molecular weight excluding hydrogens is 422 g/mol. The predicted octanol–water partition coefficient (Wildman–Crippen LogP) is 2.75. The zero-order valence-corrected chi connectivity index (χ0v) is 15.7. The fourth-order valence-corrected chi connectivity index (χ4v) is 1.91. The van der Waals surface area contributed by atoms with Gasteiger partial charge in [0.25, 0.3) is 0 Å². The second-order valence-corrected chi connectivity index (χ2v) is 4.92. The van der Waals surface area contributed by atoms with E-state index in [4.69, 9.17) is 10.5 Å². The average molecular weight is 444 g/mol. The predicted molar refractivity (Wildman–Crippen MR) is 104 cm³/mol. The van der Waals surface area contributed by atoms with Crippen LogP contribution in [0, 0.1) is 5.82 Å². The summed E-state index contributed by atoms with van der Waals surface area (Å²) in [6, 6.07) is 11.8. The molecule has 0 saturated carbocycles. The van der Waals surface area contributed by atoms with Crippen molar-refractivity contribution in [3.8, 4) is 5.75 Å². The van der Waals surface area contributed by atoms with Crippen molar-refractivity contribution in [3.05, 3.63) is 60.2 Å². The van der Waals surface area contributed by atoms with Gasteiger partial charge in [-0.05, 0) is 36.4 Å². The molecule has 0 aliphatic rings. The van der Waals surface area contributed by atoms with E-state index in [2.05, 4.69) is 15.3 Å².